The van der Waals surface area contributed by atoms with Crippen LogP contribution in [0.4, 0.5) is 13.2 Å². The number of hydrogen-bond donors (Lipinski definition) is 1. The molecule has 3 aromatic rings. The second-order valence-electron chi connectivity index (χ2n) is 5.94. The van der Waals surface area contributed by atoms with Crippen molar-refractivity contribution in [3.63, 3.8) is 0 Å². The van der Waals surface area contributed by atoms with Crippen molar-refractivity contribution in [1.29, 1.82) is 0 Å². The van der Waals surface area contributed by atoms with Gasteiger partial charge in [0.1, 0.15) is 11.5 Å². The highest BCUT2D eigenvalue weighted by molar-refractivity contribution is 6.09. The first-order valence-electron chi connectivity index (χ1n) is 7.98. The van der Waals surface area contributed by atoms with E-state index >= 15 is 0 Å². The minimum absolute atomic E-state index is 0.147. The summed E-state index contributed by atoms with van der Waals surface area (Å²) in [4.78, 5) is 31.6. The third-order valence-corrected chi connectivity index (χ3v) is 3.89. The van der Waals surface area contributed by atoms with Crippen LogP contribution in [0.5, 0.6) is 0 Å². The second-order valence-corrected chi connectivity index (χ2v) is 5.94. The molecular weight excluding hydrogens is 361 g/mol. The summed E-state index contributed by atoms with van der Waals surface area (Å²) in [6.45, 7) is 2.51. The summed E-state index contributed by atoms with van der Waals surface area (Å²) in [5.41, 5.74) is -0.104. The van der Waals surface area contributed by atoms with Gasteiger partial charge < -0.3 is 5.32 Å². The molecule has 1 N–H and O–H groups in total. The van der Waals surface area contributed by atoms with Gasteiger partial charge >= 0.3 is 6.18 Å². The van der Waals surface area contributed by atoms with Gasteiger partial charge in [0.25, 0.3) is 5.91 Å². The SMILES string of the molecule is CC(=O)n1cc(C(=O)NCc2nc(C)cc(C(F)(F)F)n2)c2ccccc21. The first-order chi connectivity index (χ1) is 12.7. The fourth-order valence-electron chi connectivity index (χ4n) is 2.73. The van der Waals surface area contributed by atoms with Crippen molar-refractivity contribution in [2.24, 2.45) is 0 Å². The number of benzene rings is 1. The number of alkyl halides is 3. The number of fused-ring (bicyclic) bond motifs is 1. The molecule has 0 bridgehead atoms. The highest BCUT2D eigenvalue weighted by atomic mass is 19.4. The molecule has 0 aliphatic heterocycles. The van der Waals surface area contributed by atoms with Gasteiger partial charge in [-0.25, -0.2) is 9.97 Å². The molecule has 0 saturated carbocycles. The minimum atomic E-state index is -4.60. The van der Waals surface area contributed by atoms with Crippen LogP contribution in [0, 0.1) is 6.92 Å². The van der Waals surface area contributed by atoms with Crippen molar-refractivity contribution in [2.45, 2.75) is 26.6 Å². The first kappa shape index (κ1) is 18.6. The van der Waals surface area contributed by atoms with E-state index in [2.05, 4.69) is 15.3 Å². The molecule has 1 aromatic carbocycles. The van der Waals surface area contributed by atoms with Gasteiger partial charge in [0.05, 0.1) is 17.6 Å². The summed E-state index contributed by atoms with van der Waals surface area (Å²) in [6, 6.07) is 7.69. The zero-order valence-corrected chi connectivity index (χ0v) is 14.5. The number of nitrogens with one attached hydrogen (secondary N) is 1. The molecule has 0 fully saturated rings. The van der Waals surface area contributed by atoms with Gasteiger partial charge in [0, 0.05) is 24.2 Å². The summed E-state index contributed by atoms with van der Waals surface area (Å²) >= 11 is 0. The largest absolute Gasteiger partial charge is 0.433 e. The number of aryl methyl sites for hydroxylation is 1. The maximum Gasteiger partial charge on any atom is 0.433 e. The lowest BCUT2D eigenvalue weighted by Gasteiger charge is -2.09. The van der Waals surface area contributed by atoms with E-state index in [1.165, 1.54) is 24.6 Å². The lowest BCUT2D eigenvalue weighted by Crippen LogP contribution is -2.25. The monoisotopic (exact) mass is 376 g/mol. The Morgan fingerprint density at radius 1 is 1.19 bits per heavy atom. The third kappa shape index (κ3) is 3.81. The lowest BCUT2D eigenvalue weighted by molar-refractivity contribution is -0.141. The molecule has 9 heteroatoms. The maximum absolute atomic E-state index is 12.9. The molecule has 0 saturated heterocycles. The highest BCUT2D eigenvalue weighted by Crippen LogP contribution is 2.27. The predicted molar refractivity (Wildman–Crippen MR) is 91.2 cm³/mol. The zero-order chi connectivity index (χ0) is 19.8. The Morgan fingerprint density at radius 2 is 1.89 bits per heavy atom. The van der Waals surface area contributed by atoms with Gasteiger partial charge in [-0.3, -0.25) is 14.2 Å². The van der Waals surface area contributed by atoms with Crippen molar-refractivity contribution < 1.29 is 22.8 Å². The molecule has 0 atom stereocenters. The molecule has 0 aliphatic rings. The molecule has 6 nitrogen and oxygen atoms in total. The van der Waals surface area contributed by atoms with Gasteiger partial charge in [-0.1, -0.05) is 18.2 Å². The van der Waals surface area contributed by atoms with Gasteiger partial charge in [-0.05, 0) is 19.1 Å². The Hall–Kier alpha value is -3.23. The molecule has 0 aliphatic carbocycles. The van der Waals surface area contributed by atoms with E-state index in [0.29, 0.717) is 10.9 Å². The number of hydrogen-bond acceptors (Lipinski definition) is 4. The van der Waals surface area contributed by atoms with Crippen LogP contribution in [0.15, 0.2) is 36.5 Å². The van der Waals surface area contributed by atoms with Crippen molar-refractivity contribution >= 4 is 22.7 Å². The highest BCUT2D eigenvalue weighted by Gasteiger charge is 2.33. The summed E-state index contributed by atoms with van der Waals surface area (Å²) in [5, 5.41) is 3.07. The number of carbonyl (C=O) groups excluding carboxylic acids is 2. The number of nitrogens with zero attached hydrogens (tertiary/aromatic N) is 3. The van der Waals surface area contributed by atoms with Gasteiger partial charge in [-0.15, -0.1) is 0 Å². The van der Waals surface area contributed by atoms with Gasteiger partial charge in [0.2, 0.25) is 5.91 Å². The Balaban J connectivity index is 1.86. The maximum atomic E-state index is 12.9. The summed E-state index contributed by atoms with van der Waals surface area (Å²) in [7, 11) is 0. The van der Waals surface area contributed by atoms with E-state index in [4.69, 9.17) is 0 Å². The van der Waals surface area contributed by atoms with E-state index in [9.17, 15) is 22.8 Å². The van der Waals surface area contributed by atoms with Crippen LogP contribution in [-0.2, 0) is 12.7 Å². The number of carbonyl (C=O) groups is 2. The lowest BCUT2D eigenvalue weighted by atomic mass is 10.1. The number of amides is 1. The first-order valence-corrected chi connectivity index (χ1v) is 7.98. The molecule has 140 valence electrons. The van der Waals surface area contributed by atoms with E-state index in [1.807, 2.05) is 0 Å². The predicted octanol–water partition coefficient (Wildman–Crippen LogP) is 3.35. The van der Waals surface area contributed by atoms with Crippen molar-refractivity contribution in [2.75, 3.05) is 0 Å². The number of rotatable bonds is 3. The van der Waals surface area contributed by atoms with Gasteiger partial charge in [-0.2, -0.15) is 13.2 Å². The number of aromatic nitrogens is 3. The van der Waals surface area contributed by atoms with Crippen molar-refractivity contribution in [1.82, 2.24) is 19.9 Å². The van der Waals surface area contributed by atoms with Crippen LogP contribution in [0.1, 0.15) is 39.3 Å². The molecule has 27 heavy (non-hydrogen) atoms. The second kappa shape index (κ2) is 6.82. The molecule has 0 unspecified atom stereocenters. The van der Waals surface area contributed by atoms with Crippen LogP contribution in [-0.4, -0.2) is 26.3 Å². The quantitative estimate of drug-likeness (QED) is 0.761. The van der Waals surface area contributed by atoms with E-state index < -0.39 is 17.8 Å². The van der Waals surface area contributed by atoms with Crippen molar-refractivity contribution in [3.05, 3.63) is 59.3 Å². The molecular formula is C18H15F3N4O2. The van der Waals surface area contributed by atoms with Crippen LogP contribution >= 0.6 is 0 Å². The molecule has 1 amide bonds. The average molecular weight is 376 g/mol. The summed E-state index contributed by atoms with van der Waals surface area (Å²) < 4.78 is 39.9. The Kier molecular flexibility index (Phi) is 4.69. The molecule has 2 aromatic heterocycles. The minimum Gasteiger partial charge on any atom is -0.345 e. The fraction of sp³-hybridized carbons (Fsp3) is 0.222. The number of halogens is 3. The van der Waals surface area contributed by atoms with Crippen LogP contribution in [0.25, 0.3) is 10.9 Å². The van der Waals surface area contributed by atoms with Gasteiger partial charge in [0.15, 0.2) is 0 Å². The number of para-hydroxylation sites is 1. The fourth-order valence-corrected chi connectivity index (χ4v) is 2.73. The topological polar surface area (TPSA) is 76.9 Å². The Bertz CT molecular complexity index is 1040. The smallest absolute Gasteiger partial charge is 0.345 e. The van der Waals surface area contributed by atoms with Crippen LogP contribution in [0.2, 0.25) is 0 Å². The Morgan fingerprint density at radius 3 is 2.56 bits per heavy atom. The summed E-state index contributed by atoms with van der Waals surface area (Å²) in [5.74, 6) is -0.946. The standard InChI is InChI=1S/C18H15F3N4O2/c1-10-7-15(18(19,20)21)24-16(23-10)8-22-17(27)13-9-25(11(2)26)14-6-4-3-5-12(13)14/h3-7,9H,8H2,1-2H3,(H,22,27). The third-order valence-electron chi connectivity index (χ3n) is 3.89. The van der Waals surface area contributed by atoms with Crippen LogP contribution in [0.3, 0.4) is 0 Å². The molecule has 2 heterocycles. The molecule has 0 radical (unpaired) electrons. The van der Waals surface area contributed by atoms with Crippen LogP contribution < -0.4 is 5.32 Å². The van der Waals surface area contributed by atoms with Crippen molar-refractivity contribution in [3.8, 4) is 0 Å². The Labute approximate surface area is 152 Å². The van der Waals surface area contributed by atoms with E-state index in [-0.39, 0.29) is 29.5 Å². The molecule has 0 spiro atoms. The summed E-state index contributed by atoms with van der Waals surface area (Å²) in [6.07, 6.45) is -3.19. The van der Waals surface area contributed by atoms with E-state index in [0.717, 1.165) is 6.07 Å². The average Bonchev–Trinajstić information content (AvgIpc) is 2.98. The molecule has 3 rings (SSSR count). The normalized spacial score (nSPS) is 11.6. The zero-order valence-electron chi connectivity index (χ0n) is 14.5. The van der Waals surface area contributed by atoms with E-state index in [1.54, 1.807) is 24.3 Å².